The van der Waals surface area contributed by atoms with Crippen LogP contribution in [0.3, 0.4) is 0 Å². The lowest BCUT2D eigenvalue weighted by Crippen LogP contribution is -2.27. The first kappa shape index (κ1) is 33.4. The first-order valence-electron chi connectivity index (χ1n) is 17.0. The Bertz CT molecular complexity index is 2230. The molecule has 7 aromatic carbocycles. The third kappa shape index (κ3) is 6.34. The summed E-state index contributed by atoms with van der Waals surface area (Å²) >= 11 is 0. The number of nitrogens with zero attached hydrogens (tertiary/aromatic N) is 1. The summed E-state index contributed by atoms with van der Waals surface area (Å²) in [5, 5.41) is 12.7. The Morgan fingerprint density at radius 3 is 0.962 bits per heavy atom. The summed E-state index contributed by atoms with van der Waals surface area (Å²) in [6, 6.07) is 63.2. The minimum Gasteiger partial charge on any atom is -0.398 e. The Hall–Kier alpha value is -7.14. The molecule has 0 atom stereocenters. The average Bonchev–Trinajstić information content (AvgIpc) is 3.21. The first-order chi connectivity index (χ1) is 25.5. The Morgan fingerprint density at radius 1 is 0.423 bits per heavy atom. The van der Waals surface area contributed by atoms with E-state index in [9.17, 15) is 10.1 Å². The molecule has 0 saturated carbocycles. The van der Waals surface area contributed by atoms with Gasteiger partial charge in [-0.15, -0.1) is 0 Å². The summed E-state index contributed by atoms with van der Waals surface area (Å²) in [5.74, 6) is 13.6. The highest BCUT2D eigenvalue weighted by molar-refractivity contribution is 5.70. The minimum atomic E-state index is -0.925. The molecule has 0 aliphatic carbocycles. The van der Waals surface area contributed by atoms with E-state index in [-0.39, 0.29) is 11.3 Å². The van der Waals surface area contributed by atoms with Crippen LogP contribution in [0.15, 0.2) is 194 Å². The predicted octanol–water partition coefficient (Wildman–Crippen LogP) is 9.95. The highest BCUT2D eigenvalue weighted by Gasteiger charge is 2.36. The molecule has 248 valence electrons. The van der Waals surface area contributed by atoms with Crippen molar-refractivity contribution < 1.29 is 4.92 Å². The van der Waals surface area contributed by atoms with Gasteiger partial charge in [-0.25, -0.2) is 0 Å². The Balaban J connectivity index is 1.43. The lowest BCUT2D eigenvalue weighted by molar-refractivity contribution is -0.385. The Morgan fingerprint density at radius 2 is 0.692 bits per heavy atom. The van der Waals surface area contributed by atoms with Gasteiger partial charge in [0.15, 0.2) is 0 Å². The van der Waals surface area contributed by atoms with Crippen molar-refractivity contribution in [3.8, 4) is 23.7 Å². The number of benzene rings is 7. The molecule has 0 aliphatic heterocycles. The predicted molar refractivity (Wildman–Crippen MR) is 210 cm³/mol. The van der Waals surface area contributed by atoms with Gasteiger partial charge in [-0.2, -0.15) is 0 Å². The molecule has 0 aromatic heterocycles. The number of hydrogen-bond acceptors (Lipinski definition) is 3. The normalized spacial score (nSPS) is 11.0. The summed E-state index contributed by atoms with van der Waals surface area (Å²) in [6.45, 7) is 0. The second-order valence-electron chi connectivity index (χ2n) is 12.4. The maximum atomic E-state index is 12.7. The van der Waals surface area contributed by atoms with Crippen LogP contribution in [-0.4, -0.2) is 4.92 Å². The molecule has 4 nitrogen and oxygen atoms in total. The lowest BCUT2D eigenvalue weighted by Gasteiger charge is -2.31. The average molecular weight is 671 g/mol. The van der Waals surface area contributed by atoms with Gasteiger partial charge in [0.25, 0.3) is 5.69 Å². The molecule has 0 unspecified atom stereocenters. The molecule has 7 rings (SSSR count). The molecule has 0 bridgehead atoms. The van der Waals surface area contributed by atoms with Crippen LogP contribution in [-0.2, 0) is 10.8 Å². The largest absolute Gasteiger partial charge is 0.398 e. The van der Waals surface area contributed by atoms with E-state index in [1.165, 1.54) is 6.07 Å². The van der Waals surface area contributed by atoms with E-state index < -0.39 is 15.8 Å². The maximum absolute atomic E-state index is 12.7. The third-order valence-corrected chi connectivity index (χ3v) is 9.37. The molecule has 0 radical (unpaired) electrons. The maximum Gasteiger partial charge on any atom is 0.286 e. The summed E-state index contributed by atoms with van der Waals surface area (Å²) in [7, 11) is 0. The topological polar surface area (TPSA) is 69.2 Å². The first-order valence-corrected chi connectivity index (χ1v) is 17.0. The van der Waals surface area contributed by atoms with E-state index in [4.69, 9.17) is 5.73 Å². The van der Waals surface area contributed by atoms with E-state index in [0.717, 1.165) is 33.4 Å². The smallest absolute Gasteiger partial charge is 0.286 e. The zero-order chi connectivity index (χ0) is 35.8. The zero-order valence-electron chi connectivity index (χ0n) is 28.3. The van der Waals surface area contributed by atoms with Crippen molar-refractivity contribution in [1.82, 2.24) is 0 Å². The highest BCUT2D eigenvalue weighted by atomic mass is 16.6. The minimum absolute atomic E-state index is 0.168. The summed E-state index contributed by atoms with van der Waals surface area (Å²) in [6.07, 6.45) is 0. The molecule has 7 aromatic rings. The number of nitrogen functional groups attached to an aromatic ring is 1. The van der Waals surface area contributed by atoms with Crippen molar-refractivity contribution in [3.05, 3.63) is 249 Å². The second-order valence-corrected chi connectivity index (χ2v) is 12.4. The van der Waals surface area contributed by atoms with Gasteiger partial charge in [-0.05, 0) is 39.4 Å². The van der Waals surface area contributed by atoms with Crippen LogP contribution in [0.4, 0.5) is 11.4 Å². The Labute approximate surface area is 304 Å². The van der Waals surface area contributed by atoms with E-state index >= 15 is 0 Å². The van der Waals surface area contributed by atoms with Gasteiger partial charge in [-0.3, -0.25) is 10.1 Å². The molecular formula is C48H34N2O2. The van der Waals surface area contributed by atoms with Gasteiger partial charge in [0.05, 0.1) is 10.5 Å². The molecule has 0 fully saturated rings. The van der Waals surface area contributed by atoms with Crippen molar-refractivity contribution in [2.45, 2.75) is 10.8 Å². The van der Waals surface area contributed by atoms with Crippen molar-refractivity contribution in [2.24, 2.45) is 0 Å². The fourth-order valence-corrected chi connectivity index (χ4v) is 6.85. The van der Waals surface area contributed by atoms with Gasteiger partial charge in [0.1, 0.15) is 16.4 Å². The number of nitro benzene ring substituents is 1. The van der Waals surface area contributed by atoms with Crippen molar-refractivity contribution in [1.29, 1.82) is 0 Å². The monoisotopic (exact) mass is 670 g/mol. The molecule has 0 saturated heterocycles. The summed E-state index contributed by atoms with van der Waals surface area (Å²) in [5.41, 5.74) is 11.3. The van der Waals surface area contributed by atoms with Crippen LogP contribution < -0.4 is 5.73 Å². The van der Waals surface area contributed by atoms with E-state index in [1.54, 1.807) is 6.07 Å². The van der Waals surface area contributed by atoms with E-state index in [1.807, 2.05) is 146 Å². The van der Waals surface area contributed by atoms with Gasteiger partial charge in [-0.1, -0.05) is 206 Å². The van der Waals surface area contributed by atoms with Gasteiger partial charge in [0, 0.05) is 11.8 Å². The number of hydrogen-bond donors (Lipinski definition) is 1. The fourth-order valence-electron chi connectivity index (χ4n) is 6.85. The van der Waals surface area contributed by atoms with Crippen molar-refractivity contribution in [3.63, 3.8) is 0 Å². The fraction of sp³-hybridized carbons (Fsp3) is 0.0417. The molecule has 0 amide bonds. The molecule has 0 spiro atoms. The van der Waals surface area contributed by atoms with Crippen LogP contribution in [0, 0.1) is 33.8 Å². The number of rotatable bonds is 7. The van der Waals surface area contributed by atoms with Crippen LogP contribution in [0.2, 0.25) is 0 Å². The lowest BCUT2D eigenvalue weighted by atomic mass is 9.70. The summed E-state index contributed by atoms with van der Waals surface area (Å²) in [4.78, 5) is 12.3. The van der Waals surface area contributed by atoms with Crippen molar-refractivity contribution in [2.75, 3.05) is 5.73 Å². The van der Waals surface area contributed by atoms with E-state index in [0.29, 0.717) is 11.3 Å². The highest BCUT2D eigenvalue weighted by Crippen LogP contribution is 2.41. The quantitative estimate of drug-likeness (QED) is 0.0604. The molecule has 4 heteroatoms. The number of anilines is 1. The van der Waals surface area contributed by atoms with Gasteiger partial charge < -0.3 is 5.73 Å². The molecular weight excluding hydrogens is 637 g/mol. The molecule has 52 heavy (non-hydrogen) atoms. The third-order valence-electron chi connectivity index (χ3n) is 9.37. The molecule has 2 N–H and O–H groups in total. The van der Waals surface area contributed by atoms with Gasteiger partial charge in [0.2, 0.25) is 0 Å². The summed E-state index contributed by atoms with van der Waals surface area (Å²) < 4.78 is 0. The van der Waals surface area contributed by atoms with Crippen LogP contribution in [0.1, 0.15) is 44.5 Å². The standard InChI is InChI=1S/C48H34N2O2/c49-45-35-38(32-34-48(42-25-13-4-14-26-42,43-27-15-5-16-28-43)44-29-17-6-18-30-44)46(50(51)52)36-37(45)31-33-47(39-19-7-1-8-20-39,40-21-9-2-10-22-40)41-23-11-3-12-24-41/h1-30,35-36H,49H2. The molecule has 0 aliphatic rings. The van der Waals surface area contributed by atoms with Crippen molar-refractivity contribution >= 4 is 11.4 Å². The SMILES string of the molecule is Nc1cc(C#CC(c2ccccc2)(c2ccccc2)c2ccccc2)c([N+](=O)[O-])cc1C#CC(c1ccccc1)(c1ccccc1)c1ccccc1. The second kappa shape index (κ2) is 14.8. The zero-order valence-corrected chi connectivity index (χ0v) is 28.3. The molecule has 0 heterocycles. The van der Waals surface area contributed by atoms with Gasteiger partial charge >= 0.3 is 0 Å². The van der Waals surface area contributed by atoms with E-state index in [2.05, 4.69) is 60.1 Å². The van der Waals surface area contributed by atoms with Crippen LogP contribution in [0.25, 0.3) is 0 Å². The van der Waals surface area contributed by atoms with Crippen LogP contribution in [0.5, 0.6) is 0 Å². The number of nitro groups is 1. The Kier molecular flexibility index (Phi) is 9.48. The van der Waals surface area contributed by atoms with Crippen LogP contribution >= 0.6 is 0 Å². The number of nitrogens with two attached hydrogens (primary N) is 1.